The minimum Gasteiger partial charge on any atom is -0.355 e. The van der Waals surface area contributed by atoms with Crippen LogP contribution in [0.1, 0.15) is 5.56 Å². The molecule has 0 amide bonds. The fraction of sp³-hybridized carbons (Fsp3) is 0.214. The van der Waals surface area contributed by atoms with E-state index in [1.54, 1.807) is 11.7 Å². The van der Waals surface area contributed by atoms with Gasteiger partial charge in [0, 0.05) is 13.6 Å². The Hall–Kier alpha value is -2.63. The summed E-state index contributed by atoms with van der Waals surface area (Å²) in [5.41, 5.74) is 1.64. The van der Waals surface area contributed by atoms with Crippen molar-refractivity contribution < 1.29 is 0 Å². The van der Waals surface area contributed by atoms with Gasteiger partial charge >= 0.3 is 0 Å². The van der Waals surface area contributed by atoms with Gasteiger partial charge in [0.15, 0.2) is 5.65 Å². The minimum absolute atomic E-state index is 0.176. The molecule has 20 heavy (non-hydrogen) atoms. The summed E-state index contributed by atoms with van der Waals surface area (Å²) in [6.45, 7) is 0.705. The van der Waals surface area contributed by atoms with Crippen molar-refractivity contribution in [3.63, 3.8) is 0 Å². The number of nitrogens with zero attached hydrogens (tertiary/aromatic N) is 3. The fourth-order valence-electron chi connectivity index (χ4n) is 2.09. The van der Waals surface area contributed by atoms with Gasteiger partial charge in [-0.25, -0.2) is 0 Å². The summed E-state index contributed by atoms with van der Waals surface area (Å²) in [5, 5.41) is 7.67. The Labute approximate surface area is 115 Å². The lowest BCUT2D eigenvalue weighted by Crippen LogP contribution is -2.15. The molecule has 0 saturated carbocycles. The molecular weight excluding hydrogens is 254 g/mol. The molecule has 0 atom stereocenters. The molecule has 2 heterocycles. The first-order valence-corrected chi connectivity index (χ1v) is 6.44. The zero-order chi connectivity index (χ0) is 13.9. The molecule has 0 aliphatic rings. The Morgan fingerprint density at radius 3 is 2.90 bits per heavy atom. The van der Waals surface area contributed by atoms with Crippen LogP contribution in [-0.4, -0.2) is 26.3 Å². The Morgan fingerprint density at radius 2 is 2.10 bits per heavy atom. The van der Waals surface area contributed by atoms with Crippen molar-refractivity contribution in [2.24, 2.45) is 7.05 Å². The number of benzene rings is 1. The van der Waals surface area contributed by atoms with Crippen LogP contribution < -0.4 is 10.9 Å². The molecule has 2 aromatic heterocycles. The first-order chi connectivity index (χ1) is 9.74. The zero-order valence-electron chi connectivity index (χ0n) is 11.1. The summed E-state index contributed by atoms with van der Waals surface area (Å²) >= 11 is 0. The zero-order valence-corrected chi connectivity index (χ0v) is 11.1. The molecule has 0 unspecified atom stereocenters. The van der Waals surface area contributed by atoms with E-state index in [4.69, 9.17) is 0 Å². The molecule has 3 rings (SSSR count). The number of nitrogens with one attached hydrogen (secondary N) is 2. The first-order valence-electron chi connectivity index (χ1n) is 6.44. The van der Waals surface area contributed by atoms with Crippen LogP contribution in [0.3, 0.4) is 0 Å². The van der Waals surface area contributed by atoms with Gasteiger partial charge in [0.1, 0.15) is 5.39 Å². The smallest absolute Gasteiger partial charge is 0.263 e. The molecule has 3 aromatic rings. The Kier molecular flexibility index (Phi) is 3.20. The molecular formula is C14H15N5O. The normalized spacial score (nSPS) is 10.8. The van der Waals surface area contributed by atoms with Crippen molar-refractivity contribution in [1.29, 1.82) is 0 Å². The van der Waals surface area contributed by atoms with Gasteiger partial charge in [-0.3, -0.25) is 14.5 Å². The highest BCUT2D eigenvalue weighted by Crippen LogP contribution is 2.07. The van der Waals surface area contributed by atoms with E-state index in [9.17, 15) is 4.79 Å². The number of anilines is 1. The summed E-state index contributed by atoms with van der Waals surface area (Å²) in [4.78, 5) is 18.9. The maximum absolute atomic E-state index is 11.9. The molecule has 0 fully saturated rings. The number of aromatic amines is 1. The summed E-state index contributed by atoms with van der Waals surface area (Å²) in [6.07, 6.45) is 2.39. The van der Waals surface area contributed by atoms with Crippen LogP contribution in [0.5, 0.6) is 0 Å². The lowest BCUT2D eigenvalue weighted by Gasteiger charge is -2.05. The molecule has 6 nitrogen and oxygen atoms in total. The molecule has 102 valence electrons. The Morgan fingerprint density at radius 1 is 1.30 bits per heavy atom. The molecule has 1 aromatic carbocycles. The number of H-pyrrole nitrogens is 1. The minimum atomic E-state index is -0.176. The van der Waals surface area contributed by atoms with Crippen LogP contribution >= 0.6 is 0 Å². The van der Waals surface area contributed by atoms with E-state index in [0.717, 1.165) is 6.42 Å². The van der Waals surface area contributed by atoms with Crippen LogP contribution in [0.15, 0.2) is 41.3 Å². The molecule has 2 N–H and O–H groups in total. The van der Waals surface area contributed by atoms with Crippen molar-refractivity contribution in [2.45, 2.75) is 6.42 Å². The van der Waals surface area contributed by atoms with Crippen molar-refractivity contribution in [1.82, 2.24) is 19.7 Å². The number of aromatic nitrogens is 4. The number of aryl methyl sites for hydroxylation is 1. The number of hydrogen-bond acceptors (Lipinski definition) is 4. The van der Waals surface area contributed by atoms with Gasteiger partial charge in [0.05, 0.1) is 6.20 Å². The van der Waals surface area contributed by atoms with Gasteiger partial charge in [-0.1, -0.05) is 30.3 Å². The van der Waals surface area contributed by atoms with Gasteiger partial charge in [0.2, 0.25) is 5.95 Å². The predicted molar refractivity (Wildman–Crippen MR) is 77.8 cm³/mol. The van der Waals surface area contributed by atoms with E-state index in [1.165, 1.54) is 11.8 Å². The van der Waals surface area contributed by atoms with Gasteiger partial charge in [-0.15, -0.1) is 0 Å². The lowest BCUT2D eigenvalue weighted by molar-refractivity contribution is 0.785. The summed E-state index contributed by atoms with van der Waals surface area (Å²) in [5.74, 6) is 0.474. The number of hydrogen-bond donors (Lipinski definition) is 2. The van der Waals surface area contributed by atoms with Crippen LogP contribution in [0.2, 0.25) is 0 Å². The van der Waals surface area contributed by atoms with Crippen molar-refractivity contribution in [2.75, 3.05) is 11.9 Å². The van der Waals surface area contributed by atoms with Crippen molar-refractivity contribution in [3.8, 4) is 0 Å². The lowest BCUT2D eigenvalue weighted by atomic mass is 10.1. The standard InChI is InChI=1S/C14H15N5O/c1-19-12-11(9-16-19)13(20)18-14(17-12)15-8-7-10-5-3-2-4-6-10/h2-6,9H,7-8H2,1H3,(H2,15,17,18,20). The third kappa shape index (κ3) is 2.40. The van der Waals surface area contributed by atoms with E-state index in [1.807, 2.05) is 18.2 Å². The van der Waals surface area contributed by atoms with Crippen LogP contribution in [0, 0.1) is 0 Å². The second-order valence-corrected chi connectivity index (χ2v) is 4.58. The van der Waals surface area contributed by atoms with E-state index in [2.05, 4.69) is 32.5 Å². The SMILES string of the molecule is Cn1ncc2c(=O)[nH]c(NCCc3ccccc3)nc21. The molecule has 0 spiro atoms. The highest BCUT2D eigenvalue weighted by molar-refractivity contribution is 5.74. The predicted octanol–water partition coefficient (Wildman–Crippen LogP) is 1.31. The van der Waals surface area contributed by atoms with Gasteiger partial charge < -0.3 is 5.32 Å². The Balaban J connectivity index is 1.75. The van der Waals surface area contributed by atoms with E-state index in [0.29, 0.717) is 23.5 Å². The van der Waals surface area contributed by atoms with Gasteiger partial charge in [-0.05, 0) is 12.0 Å². The fourth-order valence-corrected chi connectivity index (χ4v) is 2.09. The van der Waals surface area contributed by atoms with E-state index >= 15 is 0 Å². The Bertz CT molecular complexity index is 775. The quantitative estimate of drug-likeness (QED) is 0.749. The molecule has 0 aliphatic heterocycles. The molecule has 6 heteroatoms. The van der Waals surface area contributed by atoms with Crippen LogP contribution in [-0.2, 0) is 13.5 Å². The maximum Gasteiger partial charge on any atom is 0.263 e. The van der Waals surface area contributed by atoms with Gasteiger partial charge in [-0.2, -0.15) is 10.1 Å². The van der Waals surface area contributed by atoms with Crippen molar-refractivity contribution in [3.05, 3.63) is 52.4 Å². The second kappa shape index (κ2) is 5.16. The van der Waals surface area contributed by atoms with Crippen LogP contribution in [0.25, 0.3) is 11.0 Å². The maximum atomic E-state index is 11.9. The third-order valence-electron chi connectivity index (χ3n) is 3.15. The second-order valence-electron chi connectivity index (χ2n) is 4.58. The molecule has 0 saturated heterocycles. The largest absolute Gasteiger partial charge is 0.355 e. The topological polar surface area (TPSA) is 75.6 Å². The average molecular weight is 269 g/mol. The molecule has 0 bridgehead atoms. The van der Waals surface area contributed by atoms with Crippen LogP contribution in [0.4, 0.5) is 5.95 Å². The molecule has 0 radical (unpaired) electrons. The highest BCUT2D eigenvalue weighted by Gasteiger charge is 2.07. The third-order valence-corrected chi connectivity index (χ3v) is 3.15. The van der Waals surface area contributed by atoms with E-state index in [-0.39, 0.29) is 5.56 Å². The number of fused-ring (bicyclic) bond motifs is 1. The summed E-state index contributed by atoms with van der Waals surface area (Å²) in [6, 6.07) is 10.2. The first kappa shape index (κ1) is 12.4. The average Bonchev–Trinajstić information content (AvgIpc) is 2.82. The molecule has 0 aliphatic carbocycles. The highest BCUT2D eigenvalue weighted by atomic mass is 16.1. The van der Waals surface area contributed by atoms with Gasteiger partial charge in [0.25, 0.3) is 5.56 Å². The summed E-state index contributed by atoms with van der Waals surface area (Å²) < 4.78 is 1.59. The number of rotatable bonds is 4. The monoisotopic (exact) mass is 269 g/mol. The summed E-state index contributed by atoms with van der Waals surface area (Å²) in [7, 11) is 1.77. The van der Waals surface area contributed by atoms with Crippen molar-refractivity contribution >= 4 is 17.0 Å². The van der Waals surface area contributed by atoms with E-state index < -0.39 is 0 Å².